The van der Waals surface area contributed by atoms with Crippen molar-refractivity contribution in [1.82, 2.24) is 10.1 Å². The van der Waals surface area contributed by atoms with Crippen molar-refractivity contribution in [2.24, 2.45) is 5.92 Å². The number of carbonyl (C=O) groups is 1. The van der Waals surface area contributed by atoms with E-state index < -0.39 is 18.2 Å². The first kappa shape index (κ1) is 18.8. The highest BCUT2D eigenvalue weighted by Crippen LogP contribution is 2.32. The molecule has 2 heterocycles. The van der Waals surface area contributed by atoms with Crippen LogP contribution in [0.4, 0.5) is 13.2 Å². The number of aromatic nitrogens is 1. The lowest BCUT2D eigenvalue weighted by molar-refractivity contribution is -0.222. The zero-order chi connectivity index (χ0) is 18.1. The standard InChI is InChI=1S/C16H23F3N2O3/c1-9(14-10(2)20-24-11(14)3)8-13(22)21-6-4-12(5-7-21)15(23)16(17,18)19/h9,12,15,23H,4-8H2,1-3H3. The topological polar surface area (TPSA) is 66.6 Å². The summed E-state index contributed by atoms with van der Waals surface area (Å²) in [5.41, 5.74) is 1.66. The van der Waals surface area contributed by atoms with E-state index in [9.17, 15) is 23.1 Å². The number of rotatable bonds is 4. The molecular weight excluding hydrogens is 325 g/mol. The minimum Gasteiger partial charge on any atom is -0.383 e. The van der Waals surface area contributed by atoms with Crippen LogP contribution in [0.2, 0.25) is 0 Å². The number of nitrogens with zero attached hydrogens (tertiary/aromatic N) is 2. The average Bonchev–Trinajstić information content (AvgIpc) is 2.84. The fourth-order valence-corrected chi connectivity index (χ4v) is 3.42. The lowest BCUT2D eigenvalue weighted by atomic mass is 9.90. The number of amides is 1. The number of hydrogen-bond acceptors (Lipinski definition) is 4. The molecule has 24 heavy (non-hydrogen) atoms. The number of piperidine rings is 1. The Morgan fingerprint density at radius 2 is 1.96 bits per heavy atom. The molecule has 136 valence electrons. The minimum absolute atomic E-state index is 0.0674. The summed E-state index contributed by atoms with van der Waals surface area (Å²) in [5, 5.41) is 13.2. The molecule has 2 unspecified atom stereocenters. The molecule has 1 fully saturated rings. The van der Waals surface area contributed by atoms with E-state index in [-0.39, 0.29) is 44.2 Å². The van der Waals surface area contributed by atoms with Gasteiger partial charge < -0.3 is 14.5 Å². The van der Waals surface area contributed by atoms with Crippen molar-refractivity contribution in [3.05, 3.63) is 17.0 Å². The van der Waals surface area contributed by atoms with Gasteiger partial charge in [-0.15, -0.1) is 0 Å². The molecule has 8 heteroatoms. The number of carbonyl (C=O) groups excluding carboxylic acids is 1. The minimum atomic E-state index is -4.60. The van der Waals surface area contributed by atoms with Gasteiger partial charge in [0.1, 0.15) is 5.76 Å². The third kappa shape index (κ3) is 4.09. The average molecular weight is 348 g/mol. The Morgan fingerprint density at radius 1 is 1.38 bits per heavy atom. The van der Waals surface area contributed by atoms with Crippen LogP contribution in [0.25, 0.3) is 0 Å². The van der Waals surface area contributed by atoms with E-state index in [1.165, 1.54) is 0 Å². The van der Waals surface area contributed by atoms with E-state index in [4.69, 9.17) is 4.52 Å². The zero-order valence-corrected chi connectivity index (χ0v) is 14.1. The molecule has 0 bridgehead atoms. The first-order chi connectivity index (χ1) is 11.1. The van der Waals surface area contributed by atoms with Crippen LogP contribution in [0.1, 0.15) is 49.1 Å². The second-order valence-electron chi connectivity index (χ2n) is 6.55. The fraction of sp³-hybridized carbons (Fsp3) is 0.750. The highest BCUT2D eigenvalue weighted by Gasteiger charge is 2.44. The summed E-state index contributed by atoms with van der Waals surface area (Å²) in [5.74, 6) is -0.321. The lowest BCUT2D eigenvalue weighted by Gasteiger charge is -2.35. The molecule has 0 spiro atoms. The molecule has 0 saturated carbocycles. The monoisotopic (exact) mass is 348 g/mol. The van der Waals surface area contributed by atoms with E-state index in [0.29, 0.717) is 5.76 Å². The molecule has 1 aromatic heterocycles. The van der Waals surface area contributed by atoms with Crippen LogP contribution >= 0.6 is 0 Å². The molecule has 1 amide bonds. The van der Waals surface area contributed by atoms with Crippen molar-refractivity contribution < 1.29 is 27.6 Å². The summed E-state index contributed by atoms with van der Waals surface area (Å²) in [7, 11) is 0. The number of aliphatic hydroxyl groups excluding tert-OH is 1. The first-order valence-electron chi connectivity index (χ1n) is 8.06. The quantitative estimate of drug-likeness (QED) is 0.908. The van der Waals surface area contributed by atoms with Gasteiger partial charge in [0.2, 0.25) is 5.91 Å². The fourth-order valence-electron chi connectivity index (χ4n) is 3.42. The Bertz CT molecular complexity index is 558. The molecule has 1 N–H and O–H groups in total. The number of likely N-dealkylation sites (tertiary alicyclic amines) is 1. The summed E-state index contributed by atoms with van der Waals surface area (Å²) in [6, 6.07) is 0. The Kier molecular flexibility index (Phi) is 5.57. The van der Waals surface area contributed by atoms with Gasteiger partial charge in [-0.3, -0.25) is 4.79 Å². The van der Waals surface area contributed by atoms with E-state index in [2.05, 4.69) is 5.16 Å². The molecule has 0 aliphatic carbocycles. The van der Waals surface area contributed by atoms with Crippen LogP contribution in [0.3, 0.4) is 0 Å². The van der Waals surface area contributed by atoms with Gasteiger partial charge in [0.25, 0.3) is 0 Å². The van der Waals surface area contributed by atoms with E-state index in [1.54, 1.807) is 11.8 Å². The van der Waals surface area contributed by atoms with Crippen LogP contribution in [0.15, 0.2) is 4.52 Å². The van der Waals surface area contributed by atoms with Gasteiger partial charge in [-0.05, 0) is 38.5 Å². The molecule has 0 aromatic carbocycles. The molecule has 0 radical (unpaired) electrons. The number of hydrogen-bond donors (Lipinski definition) is 1. The SMILES string of the molecule is Cc1noc(C)c1C(C)CC(=O)N1CCC(C(O)C(F)(F)F)CC1. The third-order valence-electron chi connectivity index (χ3n) is 4.74. The molecule has 1 saturated heterocycles. The van der Waals surface area contributed by atoms with E-state index in [0.717, 1.165) is 11.3 Å². The highest BCUT2D eigenvalue weighted by molar-refractivity contribution is 5.77. The molecule has 1 aromatic rings. The largest absolute Gasteiger partial charge is 0.414 e. The Balaban J connectivity index is 1.89. The zero-order valence-electron chi connectivity index (χ0n) is 14.1. The van der Waals surface area contributed by atoms with Crippen LogP contribution in [-0.4, -0.2) is 46.4 Å². The van der Waals surface area contributed by atoms with Gasteiger partial charge in [0.05, 0.1) is 5.69 Å². The smallest absolute Gasteiger partial charge is 0.383 e. The molecule has 2 atom stereocenters. The van der Waals surface area contributed by atoms with Gasteiger partial charge in [0, 0.05) is 25.1 Å². The van der Waals surface area contributed by atoms with Gasteiger partial charge in [-0.2, -0.15) is 13.2 Å². The Labute approximate surface area is 138 Å². The molecule has 1 aliphatic rings. The predicted octanol–water partition coefficient (Wildman–Crippen LogP) is 2.95. The highest BCUT2D eigenvalue weighted by atomic mass is 19.4. The maximum absolute atomic E-state index is 12.5. The maximum atomic E-state index is 12.5. The predicted molar refractivity (Wildman–Crippen MR) is 80.4 cm³/mol. The van der Waals surface area contributed by atoms with Crippen LogP contribution in [0.5, 0.6) is 0 Å². The van der Waals surface area contributed by atoms with Crippen molar-refractivity contribution in [3.8, 4) is 0 Å². The summed E-state index contributed by atoms with van der Waals surface area (Å²) in [6.45, 7) is 6.00. The molecule has 5 nitrogen and oxygen atoms in total. The van der Waals surface area contributed by atoms with Crippen LogP contribution in [-0.2, 0) is 4.79 Å². The van der Waals surface area contributed by atoms with Crippen LogP contribution in [0, 0.1) is 19.8 Å². The van der Waals surface area contributed by atoms with Crippen LogP contribution < -0.4 is 0 Å². The Morgan fingerprint density at radius 3 is 2.42 bits per heavy atom. The maximum Gasteiger partial charge on any atom is 0.414 e. The van der Waals surface area contributed by atoms with Gasteiger partial charge in [-0.1, -0.05) is 12.1 Å². The molecule has 2 rings (SSSR count). The number of aliphatic hydroxyl groups is 1. The van der Waals surface area contributed by atoms with Crippen molar-refractivity contribution >= 4 is 5.91 Å². The summed E-state index contributed by atoms with van der Waals surface area (Å²) >= 11 is 0. The number of halogens is 3. The normalized spacial score (nSPS) is 19.4. The van der Waals surface area contributed by atoms with Gasteiger partial charge in [-0.25, -0.2) is 0 Å². The number of aryl methyl sites for hydroxylation is 2. The van der Waals surface area contributed by atoms with Crippen molar-refractivity contribution in [3.63, 3.8) is 0 Å². The Hall–Kier alpha value is -1.57. The number of alkyl halides is 3. The second-order valence-corrected chi connectivity index (χ2v) is 6.55. The summed E-state index contributed by atoms with van der Waals surface area (Å²) < 4.78 is 42.8. The lowest BCUT2D eigenvalue weighted by Crippen LogP contribution is -2.45. The third-order valence-corrected chi connectivity index (χ3v) is 4.74. The summed E-state index contributed by atoms with van der Waals surface area (Å²) in [4.78, 5) is 14.0. The molecule has 1 aliphatic heterocycles. The van der Waals surface area contributed by atoms with E-state index in [1.807, 2.05) is 13.8 Å². The van der Waals surface area contributed by atoms with Gasteiger partial charge >= 0.3 is 6.18 Å². The van der Waals surface area contributed by atoms with Crippen molar-refractivity contribution in [2.75, 3.05) is 13.1 Å². The first-order valence-corrected chi connectivity index (χ1v) is 8.06. The second kappa shape index (κ2) is 7.13. The summed E-state index contributed by atoms with van der Waals surface area (Å²) in [6.07, 6.45) is -6.33. The van der Waals surface area contributed by atoms with Crippen molar-refractivity contribution in [2.45, 2.75) is 58.2 Å². The van der Waals surface area contributed by atoms with Gasteiger partial charge in [0.15, 0.2) is 6.10 Å². The molecular formula is C16H23F3N2O3. The van der Waals surface area contributed by atoms with E-state index >= 15 is 0 Å². The van der Waals surface area contributed by atoms with Crippen molar-refractivity contribution in [1.29, 1.82) is 0 Å².